The van der Waals surface area contributed by atoms with E-state index in [1.54, 1.807) is 42.5 Å². The van der Waals surface area contributed by atoms with Crippen molar-refractivity contribution in [2.24, 2.45) is 5.41 Å². The van der Waals surface area contributed by atoms with Crippen LogP contribution < -0.4 is 0 Å². The summed E-state index contributed by atoms with van der Waals surface area (Å²) in [7, 11) is 0. The Hall–Kier alpha value is -3.02. The molecule has 148 valence electrons. The molecule has 4 N–H and O–H groups in total. The first-order valence-corrected chi connectivity index (χ1v) is 9.16. The van der Waals surface area contributed by atoms with E-state index in [0.717, 1.165) is 16.7 Å². The van der Waals surface area contributed by atoms with Crippen LogP contribution in [-0.2, 0) is 21.4 Å². The minimum absolute atomic E-state index is 0.0905. The van der Waals surface area contributed by atoms with Crippen LogP contribution in [0.2, 0.25) is 0 Å². The summed E-state index contributed by atoms with van der Waals surface area (Å²) in [6.07, 6.45) is 1.25. The number of aliphatic carboxylic acids is 2. The maximum atomic E-state index is 11.8. The number of hydrogen-bond donors (Lipinski definition) is 4. The second-order valence-electron chi connectivity index (χ2n) is 8.05. The van der Waals surface area contributed by atoms with Gasteiger partial charge in [0.15, 0.2) is 5.41 Å². The third-order valence-electron chi connectivity index (χ3n) is 6.27. The van der Waals surface area contributed by atoms with Gasteiger partial charge in [-0.25, -0.2) is 0 Å². The summed E-state index contributed by atoms with van der Waals surface area (Å²) in [6.45, 7) is 3.24. The van der Waals surface area contributed by atoms with E-state index in [-0.39, 0.29) is 17.9 Å². The van der Waals surface area contributed by atoms with E-state index in [2.05, 4.69) is 0 Å². The minimum Gasteiger partial charge on any atom is -0.508 e. The minimum atomic E-state index is -1.95. The Kier molecular flexibility index (Phi) is 4.83. The predicted molar refractivity (Wildman–Crippen MR) is 103 cm³/mol. The highest BCUT2D eigenvalue weighted by Crippen LogP contribution is 2.52. The standard InChI is InChI=1S/C22H24O6/c1-21(14-3-5-15(23)6-4-14)10-9-13-11-16(24)7-8-17(13)18(21)12-22(2,19(25)26)20(27)28/h3-8,11,18,23-24H,9-10,12H2,1-2H3,(H,25,26)(H,27,28)/t18-,21-/m1/s1. The largest absolute Gasteiger partial charge is 0.508 e. The Labute approximate surface area is 163 Å². The van der Waals surface area contributed by atoms with Gasteiger partial charge in [-0.15, -0.1) is 0 Å². The summed E-state index contributed by atoms with van der Waals surface area (Å²) in [4.78, 5) is 23.7. The summed E-state index contributed by atoms with van der Waals surface area (Å²) < 4.78 is 0. The van der Waals surface area contributed by atoms with Crippen molar-refractivity contribution >= 4 is 11.9 Å². The summed E-state index contributed by atoms with van der Waals surface area (Å²) in [5, 5.41) is 38.8. The van der Waals surface area contributed by atoms with Crippen LogP contribution in [-0.4, -0.2) is 32.4 Å². The molecule has 6 heteroatoms. The van der Waals surface area contributed by atoms with Crippen molar-refractivity contribution in [3.63, 3.8) is 0 Å². The number of carbonyl (C=O) groups is 2. The number of carboxylic acid groups (broad SMARTS) is 2. The number of fused-ring (bicyclic) bond motifs is 1. The number of benzene rings is 2. The van der Waals surface area contributed by atoms with Gasteiger partial charge in [-0.1, -0.05) is 25.1 Å². The fourth-order valence-corrected chi connectivity index (χ4v) is 4.26. The number of carboxylic acids is 2. The molecule has 0 radical (unpaired) electrons. The number of hydrogen-bond acceptors (Lipinski definition) is 4. The van der Waals surface area contributed by atoms with Gasteiger partial charge in [-0.2, -0.15) is 0 Å². The van der Waals surface area contributed by atoms with Gasteiger partial charge in [0.25, 0.3) is 0 Å². The van der Waals surface area contributed by atoms with Crippen LogP contribution in [0.1, 0.15) is 49.3 Å². The summed E-state index contributed by atoms with van der Waals surface area (Å²) in [6, 6.07) is 11.7. The van der Waals surface area contributed by atoms with E-state index in [4.69, 9.17) is 0 Å². The highest BCUT2D eigenvalue weighted by Gasteiger charge is 2.50. The fraction of sp³-hybridized carbons (Fsp3) is 0.364. The van der Waals surface area contributed by atoms with Crippen LogP contribution >= 0.6 is 0 Å². The van der Waals surface area contributed by atoms with Crippen molar-refractivity contribution < 1.29 is 30.0 Å². The average Bonchev–Trinajstić information content (AvgIpc) is 2.64. The summed E-state index contributed by atoms with van der Waals surface area (Å²) in [5.41, 5.74) is 0.194. The third-order valence-corrected chi connectivity index (χ3v) is 6.27. The van der Waals surface area contributed by atoms with Gasteiger partial charge < -0.3 is 20.4 Å². The van der Waals surface area contributed by atoms with Crippen LogP contribution in [0.4, 0.5) is 0 Å². The SMILES string of the molecule is CC(C[C@@H]1c2ccc(O)cc2CC[C@]1(C)c1ccc(O)cc1)(C(=O)O)C(=O)O. The van der Waals surface area contributed by atoms with Gasteiger partial charge in [-0.3, -0.25) is 9.59 Å². The van der Waals surface area contributed by atoms with Crippen molar-refractivity contribution in [3.05, 3.63) is 59.2 Å². The number of phenols is 2. The average molecular weight is 384 g/mol. The van der Waals surface area contributed by atoms with Crippen molar-refractivity contribution in [1.29, 1.82) is 0 Å². The van der Waals surface area contributed by atoms with Gasteiger partial charge in [-0.05, 0) is 78.5 Å². The van der Waals surface area contributed by atoms with Gasteiger partial charge >= 0.3 is 11.9 Å². The van der Waals surface area contributed by atoms with E-state index in [1.165, 1.54) is 6.92 Å². The Morgan fingerprint density at radius 1 is 1.04 bits per heavy atom. The lowest BCUT2D eigenvalue weighted by molar-refractivity contribution is -0.164. The predicted octanol–water partition coefficient (Wildman–Crippen LogP) is 3.65. The van der Waals surface area contributed by atoms with E-state index in [9.17, 15) is 30.0 Å². The Bertz CT molecular complexity index is 903. The normalized spacial score (nSPS) is 21.7. The van der Waals surface area contributed by atoms with Crippen LogP contribution in [0, 0.1) is 5.41 Å². The van der Waals surface area contributed by atoms with Crippen molar-refractivity contribution in [2.75, 3.05) is 0 Å². The number of aromatic hydroxyl groups is 2. The molecule has 2 aromatic carbocycles. The van der Waals surface area contributed by atoms with Crippen LogP contribution in [0.25, 0.3) is 0 Å². The monoisotopic (exact) mass is 384 g/mol. The highest BCUT2D eigenvalue weighted by molar-refractivity contribution is 5.97. The number of aryl methyl sites for hydroxylation is 1. The van der Waals surface area contributed by atoms with Gasteiger partial charge in [0.1, 0.15) is 11.5 Å². The quantitative estimate of drug-likeness (QED) is 0.585. The Morgan fingerprint density at radius 3 is 2.18 bits per heavy atom. The van der Waals surface area contributed by atoms with Crippen molar-refractivity contribution in [1.82, 2.24) is 0 Å². The highest BCUT2D eigenvalue weighted by atomic mass is 16.4. The van der Waals surface area contributed by atoms with Gasteiger partial charge in [0, 0.05) is 0 Å². The molecule has 0 bridgehead atoms. The van der Waals surface area contributed by atoms with Crippen LogP contribution in [0.5, 0.6) is 11.5 Å². The lowest BCUT2D eigenvalue weighted by Gasteiger charge is -2.45. The molecule has 2 atom stereocenters. The summed E-state index contributed by atoms with van der Waals surface area (Å²) in [5.74, 6) is -2.88. The Morgan fingerprint density at radius 2 is 1.61 bits per heavy atom. The van der Waals surface area contributed by atoms with Gasteiger partial charge in [0.2, 0.25) is 0 Å². The first-order chi connectivity index (χ1) is 13.1. The van der Waals surface area contributed by atoms with Crippen molar-refractivity contribution in [3.8, 4) is 11.5 Å². The fourth-order valence-electron chi connectivity index (χ4n) is 4.26. The maximum Gasteiger partial charge on any atom is 0.320 e. The zero-order chi connectivity index (χ0) is 20.7. The molecule has 6 nitrogen and oxygen atoms in total. The molecule has 0 heterocycles. The first-order valence-electron chi connectivity index (χ1n) is 9.16. The van der Waals surface area contributed by atoms with E-state index in [0.29, 0.717) is 12.8 Å². The van der Waals surface area contributed by atoms with E-state index in [1.807, 2.05) is 6.92 Å². The molecular formula is C22H24O6. The Balaban J connectivity index is 2.17. The molecule has 3 rings (SSSR count). The van der Waals surface area contributed by atoms with Crippen LogP contribution in [0.3, 0.4) is 0 Å². The molecule has 0 saturated carbocycles. The molecular weight excluding hydrogens is 360 g/mol. The third kappa shape index (κ3) is 3.19. The van der Waals surface area contributed by atoms with Crippen LogP contribution in [0.15, 0.2) is 42.5 Å². The second-order valence-corrected chi connectivity index (χ2v) is 8.05. The smallest absolute Gasteiger partial charge is 0.320 e. The van der Waals surface area contributed by atoms with E-state index >= 15 is 0 Å². The van der Waals surface area contributed by atoms with E-state index < -0.39 is 28.7 Å². The molecule has 0 aliphatic heterocycles. The first kappa shape index (κ1) is 19.7. The van der Waals surface area contributed by atoms with Gasteiger partial charge in [0.05, 0.1) is 0 Å². The zero-order valence-corrected chi connectivity index (χ0v) is 15.8. The number of phenolic OH excluding ortho intramolecular Hbond substituents is 2. The molecule has 0 unspecified atom stereocenters. The lowest BCUT2D eigenvalue weighted by atomic mass is 9.58. The molecule has 0 fully saturated rings. The topological polar surface area (TPSA) is 115 Å². The molecule has 0 aromatic heterocycles. The molecule has 1 aliphatic carbocycles. The molecule has 0 saturated heterocycles. The zero-order valence-electron chi connectivity index (χ0n) is 15.8. The maximum absolute atomic E-state index is 11.8. The lowest BCUT2D eigenvalue weighted by Crippen LogP contribution is -2.43. The number of rotatable bonds is 5. The molecule has 28 heavy (non-hydrogen) atoms. The molecule has 1 aliphatic rings. The van der Waals surface area contributed by atoms with Crippen molar-refractivity contribution in [2.45, 2.75) is 44.4 Å². The molecule has 2 aromatic rings. The second kappa shape index (κ2) is 6.86. The molecule has 0 amide bonds. The summed E-state index contributed by atoms with van der Waals surface area (Å²) >= 11 is 0. The molecule has 0 spiro atoms.